The maximum absolute atomic E-state index is 2.38. The Kier molecular flexibility index (Phi) is 12.8. The van der Waals surface area contributed by atoms with Gasteiger partial charge in [0.1, 0.15) is 0 Å². The fourth-order valence-corrected chi connectivity index (χ4v) is 6.27. The number of hydrogen-bond donors (Lipinski definition) is 0. The predicted molar refractivity (Wildman–Crippen MR) is 185 cm³/mol. The number of halogens is 2. The van der Waals surface area contributed by atoms with Crippen molar-refractivity contribution in [1.82, 2.24) is 9.13 Å². The quantitative estimate of drug-likeness (QED) is 0.220. The molecule has 6 aromatic carbocycles. The first-order valence-electron chi connectivity index (χ1n) is 14.0. The van der Waals surface area contributed by atoms with E-state index in [2.05, 4.69) is 158 Å². The molecule has 8 aromatic rings. The Morgan fingerprint density at radius 1 is 0.444 bits per heavy atom. The molecule has 0 N–H and O–H groups in total. The minimum absolute atomic E-state index is 0. The molecule has 0 aliphatic carbocycles. The third-order valence-corrected chi connectivity index (χ3v) is 8.47. The van der Waals surface area contributed by atoms with E-state index in [4.69, 9.17) is 0 Å². The molecular weight excluding hydrogens is 671 g/mol. The van der Waals surface area contributed by atoms with Crippen LogP contribution in [0.25, 0.3) is 55.0 Å². The van der Waals surface area contributed by atoms with Crippen molar-refractivity contribution in [2.45, 2.75) is 27.7 Å². The van der Waals surface area contributed by atoms with Crippen LogP contribution in [0.3, 0.4) is 0 Å². The van der Waals surface area contributed by atoms with Crippen molar-refractivity contribution in [3.63, 3.8) is 0 Å². The van der Waals surface area contributed by atoms with Crippen LogP contribution in [0.1, 0.15) is 22.3 Å². The van der Waals surface area contributed by atoms with E-state index in [1.807, 2.05) is 0 Å². The fraction of sp³-hybridized carbons (Fsp3) is 0.100. The topological polar surface area (TPSA) is 9.86 Å². The first-order valence-corrected chi connectivity index (χ1v) is 14.0. The molecule has 0 amide bonds. The Morgan fingerprint density at radius 3 is 1.11 bits per heavy atom. The Hall–Kier alpha value is -3.36. The molecule has 8 rings (SSSR count). The third kappa shape index (κ3) is 6.24. The van der Waals surface area contributed by atoms with Crippen molar-refractivity contribution in [3.8, 4) is 11.4 Å². The van der Waals surface area contributed by atoms with Crippen molar-refractivity contribution in [2.75, 3.05) is 0 Å². The van der Waals surface area contributed by atoms with Gasteiger partial charge in [-0.1, -0.05) is 122 Å². The average molecular weight is 709 g/mol. The van der Waals surface area contributed by atoms with Crippen LogP contribution in [0.5, 0.6) is 0 Å². The zero-order valence-corrected chi connectivity index (χ0v) is 30.7. The predicted octanol–water partition coefficient (Wildman–Crippen LogP) is 5.14. The standard InChI is InChI=1S/2C19H16N.2CH3.2ClH.Zr/c2*1-13-12-17-16-10-6-7-11-18(16)20(19(17)14(13)2)15-8-4-3-5-9-15;;;;;/h2*3-12H,1-2H3;2*1H3;2*1H;/q4*-1;;;+4/p-2. The van der Waals surface area contributed by atoms with Crippen molar-refractivity contribution in [3.05, 3.63) is 158 Å². The Morgan fingerprint density at radius 2 is 0.756 bits per heavy atom. The summed E-state index contributed by atoms with van der Waals surface area (Å²) in [6.45, 7) is 8.82. The number of hydrogen-bond acceptors (Lipinski definition) is 0. The second-order valence-electron chi connectivity index (χ2n) is 10.8. The van der Waals surface area contributed by atoms with E-state index in [0.29, 0.717) is 0 Å². The van der Waals surface area contributed by atoms with Crippen LogP contribution in [0.15, 0.2) is 121 Å². The fourth-order valence-electron chi connectivity index (χ4n) is 6.27. The number of rotatable bonds is 2. The Balaban J connectivity index is 0.000000282. The number of nitrogens with zero attached hydrogens (tertiary/aromatic N) is 2. The van der Waals surface area contributed by atoms with Gasteiger partial charge in [0.25, 0.3) is 0 Å². The van der Waals surface area contributed by atoms with E-state index in [1.54, 1.807) is 0 Å². The first kappa shape index (κ1) is 37.8. The number of aryl methyl sites for hydroxylation is 4. The molecule has 0 aliphatic heterocycles. The van der Waals surface area contributed by atoms with Gasteiger partial charge in [-0.15, -0.1) is 45.2 Å². The summed E-state index contributed by atoms with van der Waals surface area (Å²) in [7, 11) is 0. The number of aromatic nitrogens is 2. The third-order valence-electron chi connectivity index (χ3n) is 8.47. The van der Waals surface area contributed by atoms with Gasteiger partial charge >= 0.3 is 26.2 Å². The second-order valence-corrected chi connectivity index (χ2v) is 10.8. The molecule has 228 valence electrons. The normalized spacial score (nSPS) is 10.2. The van der Waals surface area contributed by atoms with Crippen LogP contribution in [-0.4, -0.2) is 9.13 Å². The van der Waals surface area contributed by atoms with E-state index < -0.39 is 0 Å². The summed E-state index contributed by atoms with van der Waals surface area (Å²) >= 11 is 0. The molecule has 0 fully saturated rings. The van der Waals surface area contributed by atoms with Gasteiger partial charge in [0.05, 0.1) is 0 Å². The van der Waals surface area contributed by atoms with Gasteiger partial charge in [0.2, 0.25) is 0 Å². The second kappa shape index (κ2) is 15.3. The summed E-state index contributed by atoms with van der Waals surface area (Å²) in [6.07, 6.45) is 0. The molecule has 0 unspecified atom stereocenters. The molecule has 0 spiro atoms. The van der Waals surface area contributed by atoms with E-state index >= 15 is 0 Å². The van der Waals surface area contributed by atoms with Gasteiger partial charge in [-0.2, -0.15) is 0 Å². The Labute approximate surface area is 299 Å². The van der Waals surface area contributed by atoms with Crippen LogP contribution < -0.4 is 24.8 Å². The molecule has 0 saturated heterocycles. The SMILES string of the molecule is Cc1[cH-]c2c3ccccc3n(-c3ccccc3)c2c1C.Cc1[cH-]c2c3ccccc3n(-c3ccccc3)c2c1C.[CH3-].[CH3-].[Cl-].[Cl-].[Zr+4]. The van der Waals surface area contributed by atoms with Crippen LogP contribution >= 0.6 is 0 Å². The molecule has 5 heteroatoms. The van der Waals surface area contributed by atoms with Crippen molar-refractivity contribution >= 4 is 43.6 Å². The summed E-state index contributed by atoms with van der Waals surface area (Å²) in [6, 6.07) is 43.2. The average Bonchev–Trinajstić information content (AvgIpc) is 3.68. The van der Waals surface area contributed by atoms with Crippen LogP contribution in [0.4, 0.5) is 0 Å². The number of benzene rings is 4. The summed E-state index contributed by atoms with van der Waals surface area (Å²) in [4.78, 5) is 0. The zero-order valence-electron chi connectivity index (χ0n) is 26.7. The van der Waals surface area contributed by atoms with Gasteiger partial charge in [-0.3, -0.25) is 0 Å². The van der Waals surface area contributed by atoms with Crippen molar-refractivity contribution < 1.29 is 51.0 Å². The van der Waals surface area contributed by atoms with Gasteiger partial charge in [0.15, 0.2) is 0 Å². The van der Waals surface area contributed by atoms with Crippen molar-refractivity contribution in [1.29, 1.82) is 0 Å². The number of fused-ring (bicyclic) bond motifs is 6. The smallest absolute Gasteiger partial charge is 1.00 e. The monoisotopic (exact) mass is 706 g/mol. The summed E-state index contributed by atoms with van der Waals surface area (Å²) in [5.74, 6) is 0. The van der Waals surface area contributed by atoms with Gasteiger partial charge < -0.3 is 48.8 Å². The summed E-state index contributed by atoms with van der Waals surface area (Å²) in [5, 5.41) is 5.39. The zero-order chi connectivity index (χ0) is 27.4. The van der Waals surface area contributed by atoms with Gasteiger partial charge in [-0.05, 0) is 36.4 Å². The molecular formula is C40H38Cl2N2Zr-2. The van der Waals surface area contributed by atoms with Gasteiger partial charge in [0, 0.05) is 22.4 Å². The maximum Gasteiger partial charge on any atom is 4.00 e. The largest absolute Gasteiger partial charge is 4.00 e. The molecule has 2 aromatic heterocycles. The van der Waals surface area contributed by atoms with Crippen LogP contribution in [0, 0.1) is 42.5 Å². The van der Waals surface area contributed by atoms with E-state index in [0.717, 1.165) is 0 Å². The molecule has 2 heterocycles. The number of para-hydroxylation sites is 4. The molecule has 0 atom stereocenters. The van der Waals surface area contributed by atoms with Crippen LogP contribution in [-0.2, 0) is 26.2 Å². The van der Waals surface area contributed by atoms with E-state index in [-0.39, 0.29) is 65.9 Å². The molecule has 0 bridgehead atoms. The molecule has 45 heavy (non-hydrogen) atoms. The van der Waals surface area contributed by atoms with E-state index in [9.17, 15) is 0 Å². The molecule has 0 aliphatic rings. The van der Waals surface area contributed by atoms with Crippen molar-refractivity contribution in [2.24, 2.45) is 0 Å². The van der Waals surface area contributed by atoms with E-state index in [1.165, 1.54) is 77.2 Å². The minimum Gasteiger partial charge on any atom is -1.00 e. The maximum atomic E-state index is 2.38. The van der Waals surface area contributed by atoms with Crippen LogP contribution in [0.2, 0.25) is 0 Å². The Bertz CT molecular complexity index is 1990. The summed E-state index contributed by atoms with van der Waals surface area (Å²) < 4.78 is 4.76. The molecule has 2 nitrogen and oxygen atoms in total. The first-order chi connectivity index (χ1) is 19.5. The van der Waals surface area contributed by atoms with Gasteiger partial charge in [-0.25, -0.2) is 0 Å². The summed E-state index contributed by atoms with van der Waals surface area (Å²) in [5.41, 5.74) is 13.2. The minimum atomic E-state index is 0. The molecule has 0 saturated carbocycles. The molecule has 0 radical (unpaired) electrons.